The van der Waals surface area contributed by atoms with Crippen molar-refractivity contribution in [2.45, 2.75) is 26.3 Å². The van der Waals surface area contributed by atoms with Gasteiger partial charge in [0.05, 0.1) is 6.04 Å². The van der Waals surface area contributed by atoms with Crippen LogP contribution in [0.4, 0.5) is 5.69 Å². The standard InChI is InChI=1S/C11H16N2O/c1-3-9-5-4-6-10(7-9)13-11(14)8(2)12/h4-8H,3,12H2,1-2H3,(H,13,14)/t8-/m0/s1. The highest BCUT2D eigenvalue weighted by molar-refractivity contribution is 5.94. The molecule has 3 N–H and O–H groups in total. The summed E-state index contributed by atoms with van der Waals surface area (Å²) in [6, 6.07) is 7.30. The second-order valence-corrected chi connectivity index (χ2v) is 3.33. The number of nitrogens with one attached hydrogen (secondary N) is 1. The molecule has 0 aliphatic carbocycles. The predicted octanol–water partition coefficient (Wildman–Crippen LogP) is 1.53. The summed E-state index contributed by atoms with van der Waals surface area (Å²) in [7, 11) is 0. The van der Waals surface area contributed by atoms with E-state index in [2.05, 4.69) is 12.2 Å². The Balaban J connectivity index is 2.72. The van der Waals surface area contributed by atoms with Gasteiger partial charge in [-0.3, -0.25) is 4.79 Å². The highest BCUT2D eigenvalue weighted by atomic mass is 16.2. The maximum atomic E-state index is 11.3. The molecule has 1 atom stereocenters. The van der Waals surface area contributed by atoms with Crippen molar-refractivity contribution < 1.29 is 4.79 Å². The largest absolute Gasteiger partial charge is 0.325 e. The maximum Gasteiger partial charge on any atom is 0.240 e. The van der Waals surface area contributed by atoms with E-state index in [-0.39, 0.29) is 5.91 Å². The van der Waals surface area contributed by atoms with Crippen molar-refractivity contribution in [3.8, 4) is 0 Å². The first-order chi connectivity index (χ1) is 6.63. The van der Waals surface area contributed by atoms with E-state index in [1.165, 1.54) is 5.56 Å². The fourth-order valence-electron chi connectivity index (χ4n) is 1.13. The van der Waals surface area contributed by atoms with Gasteiger partial charge in [0.25, 0.3) is 0 Å². The van der Waals surface area contributed by atoms with E-state index in [9.17, 15) is 4.79 Å². The van der Waals surface area contributed by atoms with Crippen LogP contribution < -0.4 is 11.1 Å². The second kappa shape index (κ2) is 4.77. The average molecular weight is 192 g/mol. The molecule has 0 aromatic heterocycles. The monoisotopic (exact) mass is 192 g/mol. The van der Waals surface area contributed by atoms with Gasteiger partial charge in [-0.1, -0.05) is 19.1 Å². The number of aryl methyl sites for hydroxylation is 1. The highest BCUT2D eigenvalue weighted by Gasteiger charge is 2.06. The van der Waals surface area contributed by atoms with E-state index in [1.54, 1.807) is 6.92 Å². The fourth-order valence-corrected chi connectivity index (χ4v) is 1.13. The Bertz CT molecular complexity index is 321. The average Bonchev–Trinajstić information content (AvgIpc) is 2.18. The number of hydrogen-bond acceptors (Lipinski definition) is 2. The minimum absolute atomic E-state index is 0.154. The molecule has 0 saturated heterocycles. The fraction of sp³-hybridized carbons (Fsp3) is 0.364. The molecule has 76 valence electrons. The smallest absolute Gasteiger partial charge is 0.240 e. The summed E-state index contributed by atoms with van der Waals surface area (Å²) in [5, 5.41) is 2.75. The summed E-state index contributed by atoms with van der Waals surface area (Å²) in [4.78, 5) is 11.3. The van der Waals surface area contributed by atoms with Gasteiger partial charge in [-0.05, 0) is 31.0 Å². The molecule has 14 heavy (non-hydrogen) atoms. The molecule has 1 aromatic carbocycles. The first-order valence-corrected chi connectivity index (χ1v) is 4.79. The lowest BCUT2D eigenvalue weighted by Gasteiger charge is -2.08. The van der Waals surface area contributed by atoms with Crippen LogP contribution >= 0.6 is 0 Å². The molecular weight excluding hydrogens is 176 g/mol. The Morgan fingerprint density at radius 3 is 2.86 bits per heavy atom. The summed E-state index contributed by atoms with van der Waals surface area (Å²) >= 11 is 0. The summed E-state index contributed by atoms with van der Waals surface area (Å²) in [6.45, 7) is 3.74. The number of nitrogens with two attached hydrogens (primary N) is 1. The van der Waals surface area contributed by atoms with Crippen molar-refractivity contribution in [2.24, 2.45) is 5.73 Å². The molecule has 3 nitrogen and oxygen atoms in total. The Morgan fingerprint density at radius 1 is 1.57 bits per heavy atom. The normalized spacial score (nSPS) is 12.2. The van der Waals surface area contributed by atoms with Crippen LogP contribution in [0.5, 0.6) is 0 Å². The molecular formula is C11H16N2O. The number of anilines is 1. The molecule has 1 rings (SSSR count). The van der Waals surface area contributed by atoms with Gasteiger partial charge in [0.2, 0.25) is 5.91 Å². The summed E-state index contributed by atoms with van der Waals surface area (Å²) in [5.41, 5.74) is 7.46. The van der Waals surface area contributed by atoms with E-state index in [4.69, 9.17) is 5.73 Å². The van der Waals surface area contributed by atoms with Crippen LogP contribution in [-0.2, 0) is 11.2 Å². The van der Waals surface area contributed by atoms with Gasteiger partial charge in [-0.2, -0.15) is 0 Å². The molecule has 1 amide bonds. The lowest BCUT2D eigenvalue weighted by atomic mass is 10.1. The van der Waals surface area contributed by atoms with E-state index in [1.807, 2.05) is 24.3 Å². The number of amides is 1. The Labute approximate surface area is 84.3 Å². The van der Waals surface area contributed by atoms with Gasteiger partial charge in [0.1, 0.15) is 0 Å². The molecule has 0 unspecified atom stereocenters. The SMILES string of the molecule is CCc1cccc(NC(=O)[C@H](C)N)c1. The number of hydrogen-bond donors (Lipinski definition) is 2. The van der Waals surface area contributed by atoms with Crippen LogP contribution in [0.15, 0.2) is 24.3 Å². The molecule has 3 heteroatoms. The predicted molar refractivity (Wildman–Crippen MR) is 58.1 cm³/mol. The zero-order chi connectivity index (χ0) is 10.6. The third-order valence-electron chi connectivity index (χ3n) is 2.02. The summed E-state index contributed by atoms with van der Waals surface area (Å²) in [6.07, 6.45) is 0.960. The maximum absolute atomic E-state index is 11.3. The minimum atomic E-state index is -0.472. The van der Waals surface area contributed by atoms with Crippen molar-refractivity contribution in [2.75, 3.05) is 5.32 Å². The van der Waals surface area contributed by atoms with Gasteiger partial charge in [-0.25, -0.2) is 0 Å². The molecule has 0 spiro atoms. The second-order valence-electron chi connectivity index (χ2n) is 3.33. The number of carbonyl (C=O) groups is 1. The number of carbonyl (C=O) groups excluding carboxylic acids is 1. The quantitative estimate of drug-likeness (QED) is 0.763. The van der Waals surface area contributed by atoms with Crippen LogP contribution in [0.25, 0.3) is 0 Å². The molecule has 0 heterocycles. The first-order valence-electron chi connectivity index (χ1n) is 4.79. The zero-order valence-electron chi connectivity index (χ0n) is 8.58. The lowest BCUT2D eigenvalue weighted by molar-refractivity contribution is -0.117. The third kappa shape index (κ3) is 2.85. The Hall–Kier alpha value is -1.35. The van der Waals surface area contributed by atoms with E-state index in [0.29, 0.717) is 0 Å². The van der Waals surface area contributed by atoms with E-state index < -0.39 is 6.04 Å². The van der Waals surface area contributed by atoms with Crippen molar-refractivity contribution >= 4 is 11.6 Å². The van der Waals surface area contributed by atoms with Crippen molar-refractivity contribution in [1.29, 1.82) is 0 Å². The van der Waals surface area contributed by atoms with Crippen molar-refractivity contribution in [1.82, 2.24) is 0 Å². The van der Waals surface area contributed by atoms with Gasteiger partial charge in [-0.15, -0.1) is 0 Å². The Kier molecular flexibility index (Phi) is 3.65. The van der Waals surface area contributed by atoms with Gasteiger partial charge in [0, 0.05) is 5.69 Å². The van der Waals surface area contributed by atoms with Crippen LogP contribution in [0.1, 0.15) is 19.4 Å². The summed E-state index contributed by atoms with van der Waals surface area (Å²) in [5.74, 6) is -0.154. The minimum Gasteiger partial charge on any atom is -0.325 e. The van der Waals surface area contributed by atoms with Gasteiger partial charge >= 0.3 is 0 Å². The molecule has 1 aromatic rings. The summed E-state index contributed by atoms with van der Waals surface area (Å²) < 4.78 is 0. The van der Waals surface area contributed by atoms with Crippen LogP contribution in [0.2, 0.25) is 0 Å². The molecule has 0 aliphatic rings. The van der Waals surface area contributed by atoms with E-state index >= 15 is 0 Å². The van der Waals surface area contributed by atoms with Crippen LogP contribution in [0.3, 0.4) is 0 Å². The van der Waals surface area contributed by atoms with Crippen LogP contribution in [-0.4, -0.2) is 11.9 Å². The van der Waals surface area contributed by atoms with Crippen LogP contribution in [0, 0.1) is 0 Å². The molecule has 0 bridgehead atoms. The topological polar surface area (TPSA) is 55.1 Å². The highest BCUT2D eigenvalue weighted by Crippen LogP contribution is 2.10. The number of benzene rings is 1. The van der Waals surface area contributed by atoms with Crippen molar-refractivity contribution in [3.63, 3.8) is 0 Å². The molecule has 0 saturated carbocycles. The van der Waals surface area contributed by atoms with E-state index in [0.717, 1.165) is 12.1 Å². The number of rotatable bonds is 3. The lowest BCUT2D eigenvalue weighted by Crippen LogP contribution is -2.32. The molecule has 0 aliphatic heterocycles. The zero-order valence-corrected chi connectivity index (χ0v) is 8.58. The molecule has 0 radical (unpaired) electrons. The molecule has 0 fully saturated rings. The van der Waals surface area contributed by atoms with Crippen molar-refractivity contribution in [3.05, 3.63) is 29.8 Å². The van der Waals surface area contributed by atoms with Gasteiger partial charge < -0.3 is 11.1 Å². The third-order valence-corrected chi connectivity index (χ3v) is 2.02. The van der Waals surface area contributed by atoms with Gasteiger partial charge in [0.15, 0.2) is 0 Å². The Morgan fingerprint density at radius 2 is 2.29 bits per heavy atom. The first kappa shape index (κ1) is 10.7.